The first-order valence-corrected chi connectivity index (χ1v) is 12.1. The van der Waals surface area contributed by atoms with Crippen LogP contribution in [0.1, 0.15) is 19.3 Å². The standard InChI is InChI=1S/C17H30N4O8S2/c1-30-5-3-10(19-14(25)9(18)8-22)15(26)20-11(4-6-31-2)16(27)21-12(17(28)29)7-13(23)24/h9-12,22H,3-8,18H2,1-2H3,(H,19,25)(H,20,26)(H,21,27)(H,23,24)(H,28,29). The summed E-state index contributed by atoms with van der Waals surface area (Å²) < 4.78 is 0. The van der Waals surface area contributed by atoms with Crippen molar-refractivity contribution in [3.63, 3.8) is 0 Å². The lowest BCUT2D eigenvalue weighted by Gasteiger charge is -2.24. The second-order valence-electron chi connectivity index (χ2n) is 6.47. The van der Waals surface area contributed by atoms with E-state index in [1.807, 2.05) is 0 Å². The maximum atomic E-state index is 12.7. The number of aliphatic hydroxyl groups excluding tert-OH is 1. The van der Waals surface area contributed by atoms with Gasteiger partial charge in [-0.15, -0.1) is 0 Å². The summed E-state index contributed by atoms with van der Waals surface area (Å²) in [7, 11) is 0. The van der Waals surface area contributed by atoms with E-state index in [2.05, 4.69) is 16.0 Å². The summed E-state index contributed by atoms with van der Waals surface area (Å²) in [6, 6.07) is -5.05. The van der Waals surface area contributed by atoms with E-state index < -0.39 is 66.9 Å². The molecule has 3 amide bonds. The van der Waals surface area contributed by atoms with E-state index in [0.29, 0.717) is 11.5 Å². The third-order valence-electron chi connectivity index (χ3n) is 4.01. The molecule has 14 heteroatoms. The van der Waals surface area contributed by atoms with Gasteiger partial charge in [-0.1, -0.05) is 0 Å². The number of amides is 3. The van der Waals surface area contributed by atoms with Gasteiger partial charge in [-0.05, 0) is 36.9 Å². The highest BCUT2D eigenvalue weighted by Crippen LogP contribution is 2.06. The van der Waals surface area contributed by atoms with Gasteiger partial charge in [0.1, 0.15) is 24.2 Å². The summed E-state index contributed by atoms with van der Waals surface area (Å²) in [6.07, 6.45) is 3.14. The molecule has 0 aromatic carbocycles. The van der Waals surface area contributed by atoms with Crippen LogP contribution < -0.4 is 21.7 Å². The number of aliphatic carboxylic acids is 2. The summed E-state index contributed by atoms with van der Waals surface area (Å²) in [4.78, 5) is 59.3. The zero-order valence-corrected chi connectivity index (χ0v) is 19.0. The summed E-state index contributed by atoms with van der Waals surface area (Å²) in [5, 5.41) is 34.0. The van der Waals surface area contributed by atoms with E-state index in [1.54, 1.807) is 12.5 Å². The molecule has 0 radical (unpaired) electrons. The van der Waals surface area contributed by atoms with E-state index in [-0.39, 0.29) is 12.8 Å². The largest absolute Gasteiger partial charge is 0.481 e. The Morgan fingerprint density at radius 2 is 1.23 bits per heavy atom. The second kappa shape index (κ2) is 15.7. The molecule has 12 nitrogen and oxygen atoms in total. The Morgan fingerprint density at radius 1 is 0.806 bits per heavy atom. The molecular formula is C17H30N4O8S2. The van der Waals surface area contributed by atoms with Crippen molar-refractivity contribution < 1.29 is 39.3 Å². The summed E-state index contributed by atoms with van der Waals surface area (Å²) in [5.41, 5.74) is 5.46. The number of hydrogen-bond acceptors (Lipinski definition) is 9. The van der Waals surface area contributed by atoms with Gasteiger partial charge >= 0.3 is 11.9 Å². The van der Waals surface area contributed by atoms with Crippen LogP contribution >= 0.6 is 23.5 Å². The minimum atomic E-state index is -1.66. The Bertz CT molecular complexity index is 637. The molecule has 0 aromatic heterocycles. The van der Waals surface area contributed by atoms with Crippen molar-refractivity contribution in [3.8, 4) is 0 Å². The molecule has 0 aliphatic heterocycles. The molecular weight excluding hydrogens is 452 g/mol. The number of aliphatic hydroxyl groups is 1. The van der Waals surface area contributed by atoms with E-state index in [4.69, 9.17) is 21.1 Å². The first-order valence-electron chi connectivity index (χ1n) is 9.27. The van der Waals surface area contributed by atoms with Crippen LogP contribution in [0.15, 0.2) is 0 Å². The number of carboxylic acids is 2. The Kier molecular flexibility index (Phi) is 14.7. The van der Waals surface area contributed by atoms with Crippen LogP contribution in [0, 0.1) is 0 Å². The molecule has 4 unspecified atom stereocenters. The highest BCUT2D eigenvalue weighted by molar-refractivity contribution is 7.98. The van der Waals surface area contributed by atoms with Crippen molar-refractivity contribution in [2.45, 2.75) is 43.4 Å². The van der Waals surface area contributed by atoms with Crippen LogP contribution in [0.4, 0.5) is 0 Å². The number of nitrogens with two attached hydrogens (primary N) is 1. The SMILES string of the molecule is CSCCC(NC(=O)C(N)CO)C(=O)NC(CCSC)C(=O)NC(CC(=O)O)C(=O)O. The maximum absolute atomic E-state index is 12.7. The fraction of sp³-hybridized carbons (Fsp3) is 0.706. The molecule has 0 spiro atoms. The van der Waals surface area contributed by atoms with Crippen molar-refractivity contribution in [2.24, 2.45) is 5.73 Å². The molecule has 0 saturated carbocycles. The molecule has 0 bridgehead atoms. The first kappa shape index (κ1) is 29.0. The summed E-state index contributed by atoms with van der Waals surface area (Å²) in [5.74, 6) is -4.23. The normalized spacial score (nSPS) is 14.6. The predicted molar refractivity (Wildman–Crippen MR) is 117 cm³/mol. The lowest BCUT2D eigenvalue weighted by atomic mass is 10.1. The number of carbonyl (C=O) groups excluding carboxylic acids is 3. The first-order chi connectivity index (χ1) is 14.6. The van der Waals surface area contributed by atoms with E-state index in [0.717, 1.165) is 0 Å². The number of carbonyl (C=O) groups is 5. The quantitative estimate of drug-likeness (QED) is 0.126. The molecule has 4 atom stereocenters. The molecule has 0 aromatic rings. The van der Waals surface area contributed by atoms with Gasteiger partial charge in [0.05, 0.1) is 13.0 Å². The molecule has 0 saturated heterocycles. The lowest BCUT2D eigenvalue weighted by Crippen LogP contribution is -2.57. The highest BCUT2D eigenvalue weighted by Gasteiger charge is 2.30. The Labute approximate surface area is 188 Å². The Balaban J connectivity index is 5.38. The Morgan fingerprint density at radius 3 is 1.58 bits per heavy atom. The molecule has 0 aliphatic carbocycles. The Hall–Kier alpha value is -2.03. The topological polar surface area (TPSA) is 208 Å². The van der Waals surface area contributed by atoms with Crippen LogP contribution in [-0.4, -0.2) is 99.8 Å². The van der Waals surface area contributed by atoms with E-state index in [1.165, 1.54) is 23.5 Å². The average molecular weight is 483 g/mol. The van der Waals surface area contributed by atoms with Gasteiger partial charge in [-0.2, -0.15) is 23.5 Å². The lowest BCUT2D eigenvalue weighted by molar-refractivity contribution is -0.147. The smallest absolute Gasteiger partial charge is 0.326 e. The van der Waals surface area contributed by atoms with E-state index in [9.17, 15) is 24.0 Å². The van der Waals surface area contributed by atoms with Crippen molar-refractivity contribution in [1.29, 1.82) is 0 Å². The van der Waals surface area contributed by atoms with E-state index >= 15 is 0 Å². The second-order valence-corrected chi connectivity index (χ2v) is 8.44. The third kappa shape index (κ3) is 11.8. The van der Waals surface area contributed by atoms with Crippen LogP contribution in [-0.2, 0) is 24.0 Å². The number of carboxylic acid groups (broad SMARTS) is 2. The van der Waals surface area contributed by atoms with Gasteiger partial charge in [0.15, 0.2) is 0 Å². The molecule has 31 heavy (non-hydrogen) atoms. The van der Waals surface area contributed by atoms with Crippen LogP contribution in [0.25, 0.3) is 0 Å². The molecule has 8 N–H and O–H groups in total. The summed E-state index contributed by atoms with van der Waals surface area (Å²) in [6.45, 7) is -0.610. The molecule has 178 valence electrons. The molecule has 0 aliphatic rings. The number of thioether (sulfide) groups is 2. The molecule has 0 rings (SSSR count). The molecule has 0 fully saturated rings. The minimum absolute atomic E-state index is 0.150. The number of hydrogen-bond donors (Lipinski definition) is 7. The predicted octanol–water partition coefficient (Wildman–Crippen LogP) is -2.17. The van der Waals surface area contributed by atoms with Gasteiger partial charge in [0.2, 0.25) is 17.7 Å². The zero-order chi connectivity index (χ0) is 24.0. The van der Waals surface area contributed by atoms with Gasteiger partial charge in [0, 0.05) is 0 Å². The zero-order valence-electron chi connectivity index (χ0n) is 17.3. The highest BCUT2D eigenvalue weighted by atomic mass is 32.2. The van der Waals surface area contributed by atoms with Gasteiger partial charge in [-0.3, -0.25) is 19.2 Å². The number of rotatable bonds is 16. The van der Waals surface area contributed by atoms with Crippen molar-refractivity contribution in [2.75, 3.05) is 30.6 Å². The summed E-state index contributed by atoms with van der Waals surface area (Å²) >= 11 is 2.82. The van der Waals surface area contributed by atoms with Gasteiger partial charge < -0.3 is 37.0 Å². The van der Waals surface area contributed by atoms with Crippen LogP contribution in [0.3, 0.4) is 0 Å². The minimum Gasteiger partial charge on any atom is -0.481 e. The van der Waals surface area contributed by atoms with Crippen LogP contribution in [0.2, 0.25) is 0 Å². The fourth-order valence-electron chi connectivity index (χ4n) is 2.29. The van der Waals surface area contributed by atoms with Gasteiger partial charge in [0.25, 0.3) is 0 Å². The average Bonchev–Trinajstić information content (AvgIpc) is 2.71. The van der Waals surface area contributed by atoms with Crippen molar-refractivity contribution in [3.05, 3.63) is 0 Å². The van der Waals surface area contributed by atoms with Crippen LogP contribution in [0.5, 0.6) is 0 Å². The molecule has 0 heterocycles. The number of nitrogens with one attached hydrogen (secondary N) is 3. The maximum Gasteiger partial charge on any atom is 0.326 e. The van der Waals surface area contributed by atoms with Crippen molar-refractivity contribution in [1.82, 2.24) is 16.0 Å². The monoisotopic (exact) mass is 482 g/mol. The fourth-order valence-corrected chi connectivity index (χ4v) is 3.23. The van der Waals surface area contributed by atoms with Gasteiger partial charge in [-0.25, -0.2) is 4.79 Å². The van der Waals surface area contributed by atoms with Crippen molar-refractivity contribution >= 4 is 53.2 Å². The third-order valence-corrected chi connectivity index (χ3v) is 5.30.